The van der Waals surface area contributed by atoms with Crippen molar-refractivity contribution in [3.8, 4) is 0 Å². The average Bonchev–Trinajstić information content (AvgIpc) is 3.32. The Hall–Kier alpha value is -3.21. The average molecular weight is 449 g/mol. The molecule has 11 heteroatoms. The summed E-state index contributed by atoms with van der Waals surface area (Å²) in [5.41, 5.74) is 1.64. The number of aliphatic hydroxyl groups is 2. The summed E-state index contributed by atoms with van der Waals surface area (Å²) in [6.45, 7) is 3.34. The lowest BCUT2D eigenvalue weighted by molar-refractivity contribution is -0.384. The van der Waals surface area contributed by atoms with Crippen LogP contribution in [0, 0.1) is 24.0 Å². The second-order valence-corrected chi connectivity index (χ2v) is 7.34. The van der Waals surface area contributed by atoms with Crippen molar-refractivity contribution in [2.45, 2.75) is 32.5 Å². The molecule has 2 unspecified atom stereocenters. The Morgan fingerprint density at radius 2 is 1.97 bits per heavy atom. The second kappa shape index (κ2) is 9.29. The van der Waals surface area contributed by atoms with Crippen LogP contribution in [0.3, 0.4) is 0 Å². The summed E-state index contributed by atoms with van der Waals surface area (Å²) in [6.07, 6.45) is -1.28. The topological polar surface area (TPSA) is 144 Å². The number of aromatic nitrogens is 2. The molecule has 164 valence electrons. The van der Waals surface area contributed by atoms with E-state index in [0.29, 0.717) is 22.0 Å². The zero-order chi connectivity index (χ0) is 22.7. The maximum atomic E-state index is 12.5. The first-order valence-electron chi connectivity index (χ1n) is 9.33. The van der Waals surface area contributed by atoms with E-state index < -0.39 is 29.6 Å². The molecule has 2 heterocycles. The van der Waals surface area contributed by atoms with Crippen molar-refractivity contribution in [2.24, 2.45) is 0 Å². The summed E-state index contributed by atoms with van der Waals surface area (Å²) < 4.78 is 7.23. The number of benzene rings is 1. The third-order valence-corrected chi connectivity index (χ3v) is 5.37. The predicted molar refractivity (Wildman–Crippen MR) is 111 cm³/mol. The predicted octanol–water partition coefficient (Wildman–Crippen LogP) is 2.53. The van der Waals surface area contributed by atoms with E-state index >= 15 is 0 Å². The number of nitrogens with zero attached hydrogens (tertiary/aromatic N) is 3. The normalized spacial score (nSPS) is 13.1. The number of halogens is 1. The first-order valence-corrected chi connectivity index (χ1v) is 9.71. The van der Waals surface area contributed by atoms with Gasteiger partial charge in [0.1, 0.15) is 11.9 Å². The highest BCUT2D eigenvalue weighted by molar-refractivity contribution is 6.31. The molecule has 3 N–H and O–H groups in total. The van der Waals surface area contributed by atoms with Gasteiger partial charge in [-0.1, -0.05) is 11.6 Å². The highest BCUT2D eigenvalue weighted by Crippen LogP contribution is 2.22. The molecule has 0 bridgehead atoms. The highest BCUT2D eigenvalue weighted by Gasteiger charge is 2.25. The number of aryl methyl sites for hydroxylation is 1. The fourth-order valence-electron chi connectivity index (χ4n) is 3.05. The van der Waals surface area contributed by atoms with E-state index in [9.17, 15) is 25.1 Å². The number of non-ortho nitro benzene ring substituents is 1. The summed E-state index contributed by atoms with van der Waals surface area (Å²) in [5, 5.41) is 38.2. The van der Waals surface area contributed by atoms with Crippen LogP contribution in [0.4, 0.5) is 5.69 Å². The van der Waals surface area contributed by atoms with E-state index in [-0.39, 0.29) is 18.0 Å². The largest absolute Gasteiger partial charge is 0.454 e. The fraction of sp³-hybridized carbons (Fsp3) is 0.300. The Labute approximate surface area is 182 Å². The first-order chi connectivity index (χ1) is 14.7. The quantitative estimate of drug-likeness (QED) is 0.354. The SMILES string of the molecule is Cc1nn(Cc2ccc(C(=O)NC(CO)C(O)c3ccc([N+](=O)[O-])cc3)o2)c(C)c1Cl. The minimum atomic E-state index is -1.28. The molecule has 0 saturated carbocycles. The second-order valence-electron chi connectivity index (χ2n) is 6.96. The lowest BCUT2D eigenvalue weighted by Gasteiger charge is -2.22. The van der Waals surface area contributed by atoms with Gasteiger partial charge in [0.15, 0.2) is 5.76 Å². The van der Waals surface area contributed by atoms with Gasteiger partial charge in [-0.05, 0) is 43.7 Å². The van der Waals surface area contributed by atoms with Crippen LogP contribution < -0.4 is 5.32 Å². The fourth-order valence-corrected chi connectivity index (χ4v) is 3.19. The number of aliphatic hydroxyl groups excluding tert-OH is 2. The van der Waals surface area contributed by atoms with E-state index in [1.54, 1.807) is 17.7 Å². The smallest absolute Gasteiger partial charge is 0.287 e. The van der Waals surface area contributed by atoms with E-state index in [1.807, 2.05) is 6.92 Å². The van der Waals surface area contributed by atoms with Crippen molar-refractivity contribution in [1.82, 2.24) is 15.1 Å². The van der Waals surface area contributed by atoms with Crippen molar-refractivity contribution >= 4 is 23.2 Å². The zero-order valence-corrected chi connectivity index (χ0v) is 17.5. The number of hydrogen-bond acceptors (Lipinski definition) is 7. The Bertz CT molecular complexity index is 1090. The van der Waals surface area contributed by atoms with Crippen LogP contribution >= 0.6 is 11.6 Å². The van der Waals surface area contributed by atoms with Gasteiger partial charge in [-0.2, -0.15) is 5.10 Å². The van der Waals surface area contributed by atoms with Gasteiger partial charge in [-0.15, -0.1) is 0 Å². The number of carbonyl (C=O) groups is 1. The highest BCUT2D eigenvalue weighted by atomic mass is 35.5. The number of nitro benzene ring substituents is 1. The van der Waals surface area contributed by atoms with Crippen LogP contribution in [0.1, 0.15) is 39.4 Å². The van der Waals surface area contributed by atoms with Crippen LogP contribution in [0.25, 0.3) is 0 Å². The van der Waals surface area contributed by atoms with Crippen molar-refractivity contribution in [2.75, 3.05) is 6.61 Å². The minimum absolute atomic E-state index is 0.00280. The van der Waals surface area contributed by atoms with Crippen molar-refractivity contribution in [3.63, 3.8) is 0 Å². The van der Waals surface area contributed by atoms with E-state index in [2.05, 4.69) is 10.4 Å². The Morgan fingerprint density at radius 1 is 1.29 bits per heavy atom. The summed E-state index contributed by atoms with van der Waals surface area (Å²) >= 11 is 6.14. The van der Waals surface area contributed by atoms with Gasteiger partial charge in [0.05, 0.1) is 40.5 Å². The number of nitrogens with one attached hydrogen (secondary N) is 1. The van der Waals surface area contributed by atoms with Crippen LogP contribution in [0.15, 0.2) is 40.8 Å². The molecule has 2 atom stereocenters. The number of rotatable bonds is 8. The monoisotopic (exact) mass is 448 g/mol. The number of carbonyl (C=O) groups excluding carboxylic acids is 1. The molecule has 0 aliphatic rings. The van der Waals surface area contributed by atoms with E-state index in [1.165, 1.54) is 30.3 Å². The van der Waals surface area contributed by atoms with Gasteiger partial charge in [0, 0.05) is 12.1 Å². The Morgan fingerprint density at radius 3 is 2.52 bits per heavy atom. The lowest BCUT2D eigenvalue weighted by Crippen LogP contribution is -2.41. The summed E-state index contributed by atoms with van der Waals surface area (Å²) in [4.78, 5) is 22.7. The maximum absolute atomic E-state index is 12.5. The molecule has 31 heavy (non-hydrogen) atoms. The zero-order valence-electron chi connectivity index (χ0n) is 16.8. The number of hydrogen-bond donors (Lipinski definition) is 3. The van der Waals surface area contributed by atoms with Gasteiger partial charge >= 0.3 is 0 Å². The Balaban J connectivity index is 1.68. The summed E-state index contributed by atoms with van der Waals surface area (Å²) in [6, 6.07) is 7.25. The molecule has 0 radical (unpaired) electrons. The number of amides is 1. The molecule has 0 spiro atoms. The van der Waals surface area contributed by atoms with Crippen LogP contribution in [-0.2, 0) is 6.54 Å². The molecule has 1 aromatic carbocycles. The Kier molecular flexibility index (Phi) is 6.74. The molecule has 0 fully saturated rings. The standard InChI is InChI=1S/C20H21ClN4O6/c1-11-18(21)12(2)24(23-11)9-15-7-8-17(31-15)20(28)22-16(10-26)19(27)13-3-5-14(6-4-13)25(29)30/h3-8,16,19,26-27H,9-10H2,1-2H3,(H,22,28). The van der Waals surface area contributed by atoms with Crippen molar-refractivity contribution < 1.29 is 24.3 Å². The first kappa shape index (κ1) is 22.5. The molecule has 10 nitrogen and oxygen atoms in total. The van der Waals surface area contributed by atoms with E-state index in [4.69, 9.17) is 16.0 Å². The minimum Gasteiger partial charge on any atom is -0.454 e. The van der Waals surface area contributed by atoms with Crippen molar-refractivity contribution in [1.29, 1.82) is 0 Å². The third-order valence-electron chi connectivity index (χ3n) is 4.82. The molecule has 1 amide bonds. The molecular weight excluding hydrogens is 428 g/mol. The molecule has 0 saturated heterocycles. The molecule has 0 aliphatic carbocycles. The van der Waals surface area contributed by atoms with Crippen LogP contribution in [-0.4, -0.2) is 43.5 Å². The maximum Gasteiger partial charge on any atom is 0.287 e. The molecule has 0 aliphatic heterocycles. The van der Waals surface area contributed by atoms with Gasteiger partial charge < -0.3 is 19.9 Å². The summed E-state index contributed by atoms with van der Waals surface area (Å²) in [5.74, 6) is -0.154. The van der Waals surface area contributed by atoms with Gasteiger partial charge in [0.2, 0.25) is 0 Å². The van der Waals surface area contributed by atoms with E-state index in [0.717, 1.165) is 5.69 Å². The van der Waals surface area contributed by atoms with Gasteiger partial charge in [-0.3, -0.25) is 19.6 Å². The molecule has 3 aromatic rings. The molecule has 3 rings (SSSR count). The van der Waals surface area contributed by atoms with Gasteiger partial charge in [0.25, 0.3) is 11.6 Å². The van der Waals surface area contributed by atoms with Crippen molar-refractivity contribution in [3.05, 3.63) is 80.0 Å². The van der Waals surface area contributed by atoms with Crippen LogP contribution in [0.5, 0.6) is 0 Å². The number of nitro groups is 1. The van der Waals surface area contributed by atoms with Gasteiger partial charge in [-0.25, -0.2) is 0 Å². The molecular formula is C20H21ClN4O6. The van der Waals surface area contributed by atoms with Crippen LogP contribution in [0.2, 0.25) is 5.02 Å². The lowest BCUT2D eigenvalue weighted by atomic mass is 10.0. The molecule has 2 aromatic heterocycles. The number of furan rings is 1. The third kappa shape index (κ3) is 4.93. The summed E-state index contributed by atoms with van der Waals surface area (Å²) in [7, 11) is 0.